The second-order valence-corrected chi connectivity index (χ2v) is 20.8. The first kappa shape index (κ1) is 47.6. The van der Waals surface area contributed by atoms with Crippen molar-refractivity contribution < 1.29 is 57.4 Å². The van der Waals surface area contributed by atoms with E-state index in [4.69, 9.17) is 37.9 Å². The van der Waals surface area contributed by atoms with Crippen LogP contribution in [0, 0.1) is 25.2 Å². The van der Waals surface area contributed by atoms with Crippen molar-refractivity contribution >= 4 is 29.9 Å². The maximum absolute atomic E-state index is 15.2. The van der Waals surface area contributed by atoms with E-state index in [9.17, 15) is 20.0 Å². The molecule has 3 aromatic rings. The summed E-state index contributed by atoms with van der Waals surface area (Å²) in [6, 6.07) is 5.23. The van der Waals surface area contributed by atoms with E-state index in [2.05, 4.69) is 28.1 Å². The number of hydrogen-bond donors (Lipinski definition) is 2. The summed E-state index contributed by atoms with van der Waals surface area (Å²) in [5.41, 5.74) is 3.42. The lowest BCUT2D eigenvalue weighted by Crippen LogP contribution is -2.69. The molecule has 0 saturated carbocycles. The average molecular weight is 955 g/mol. The van der Waals surface area contributed by atoms with Gasteiger partial charge in [-0.3, -0.25) is 19.9 Å². The molecule has 7 heterocycles. The number of ether oxygens (including phenoxy) is 8. The highest BCUT2D eigenvalue weighted by Gasteiger charge is 2.62. The Morgan fingerprint density at radius 2 is 1.74 bits per heavy atom. The van der Waals surface area contributed by atoms with Crippen LogP contribution in [0.1, 0.15) is 128 Å². The van der Waals surface area contributed by atoms with E-state index in [1.807, 2.05) is 27.0 Å². The van der Waals surface area contributed by atoms with Crippen LogP contribution >= 0.6 is 11.8 Å². The molecule has 7 aliphatic heterocycles. The number of rotatable bonds is 10. The minimum Gasteiger partial charge on any atom is -0.504 e. The Morgan fingerprint density at radius 1 is 0.971 bits per heavy atom. The lowest BCUT2D eigenvalue weighted by Gasteiger charge is -2.62. The van der Waals surface area contributed by atoms with Crippen molar-refractivity contribution in [3.63, 3.8) is 0 Å². The second-order valence-electron chi connectivity index (χ2n) is 19.7. The van der Waals surface area contributed by atoms with Gasteiger partial charge in [-0.25, -0.2) is 9.59 Å². The monoisotopic (exact) mass is 954 g/mol. The molecular weight excluding hydrogens is 893 g/mol. The number of phenols is 1. The number of methoxy groups -OCH3 is 2. The molecule has 0 amide bonds. The molecule has 7 atom stereocenters. The number of phenolic OH excluding ortho intramolecular Hbond substituents is 1. The predicted octanol–water partition coefficient (Wildman–Crippen LogP) is 7.94. The standard InChI is InChI=1S/C51H62N4O12S/c1-10-11-12-13-14-15-36(56)66-44-27(3)45-46(64-25-63-45)38-33-23-62-48(58)51(30-21-34(60-8)35(20-28(30)16-17-53-51)65-49(59)67-50(4,5)6)24-68-47(39(38)44)41-40-37-29(18-26(2)43(61-9)42(37)57)19-31(54(40)7)32(22-52)55(33)41/h18,20-21,31-33,40-41,47,53,57H,10-17,19,23-25H2,1-9H3/t31-,32+,33-,40-,41?,47-,51-/m1/s1. The summed E-state index contributed by atoms with van der Waals surface area (Å²) in [6.07, 6.45) is 5.06. The Bertz CT molecular complexity index is 2570. The van der Waals surface area contributed by atoms with Crippen molar-refractivity contribution in [2.45, 2.75) is 140 Å². The number of carbonyl (C=O) groups excluding carboxylic acids is 3. The summed E-state index contributed by atoms with van der Waals surface area (Å²) in [4.78, 5) is 46.6. The zero-order chi connectivity index (χ0) is 48.4. The number of nitriles is 1. The molecule has 4 bridgehead atoms. The summed E-state index contributed by atoms with van der Waals surface area (Å²) in [5.74, 6) is 1.20. The quantitative estimate of drug-likeness (QED) is 0.0862. The molecule has 3 aromatic carbocycles. The van der Waals surface area contributed by atoms with Gasteiger partial charge >= 0.3 is 18.1 Å². The number of carbonyl (C=O) groups is 3. The molecule has 364 valence electrons. The summed E-state index contributed by atoms with van der Waals surface area (Å²) in [5, 5.41) is 26.6. The van der Waals surface area contributed by atoms with Gasteiger partial charge in [0.2, 0.25) is 6.79 Å². The summed E-state index contributed by atoms with van der Waals surface area (Å²) < 4.78 is 48.5. The maximum Gasteiger partial charge on any atom is 0.514 e. The maximum atomic E-state index is 15.2. The van der Waals surface area contributed by atoms with Crippen molar-refractivity contribution in [3.8, 4) is 46.3 Å². The highest BCUT2D eigenvalue weighted by molar-refractivity contribution is 7.99. The number of esters is 2. The normalized spacial score (nSPS) is 25.8. The van der Waals surface area contributed by atoms with Crippen molar-refractivity contribution in [2.75, 3.05) is 47.0 Å². The SMILES string of the molecule is CCCCCCCC(=O)Oc1c(C)c2c(c3c1[C@H]1SC[C@]4(NCCc5cc(OC(=O)OC(C)(C)C)c(OC)cc54)C(=O)OC[C@H]3N3C1[C@H]1c4c(cc(C)c(OC)c4O)C[C@H]([C@@H]3C#N)N1C)OCO2. The number of thioether (sulfide) groups is 1. The minimum absolute atomic E-state index is 0.0326. The molecule has 0 radical (unpaired) electrons. The zero-order valence-corrected chi connectivity index (χ0v) is 41.2. The molecule has 2 N–H and O–H groups in total. The van der Waals surface area contributed by atoms with Gasteiger partial charge in [-0.15, -0.1) is 11.8 Å². The van der Waals surface area contributed by atoms with Crippen LogP contribution in [-0.4, -0.2) is 104 Å². The van der Waals surface area contributed by atoms with Gasteiger partial charge in [0.05, 0.1) is 37.6 Å². The smallest absolute Gasteiger partial charge is 0.504 e. The highest BCUT2D eigenvalue weighted by atomic mass is 32.2. The van der Waals surface area contributed by atoms with E-state index in [1.54, 1.807) is 40.0 Å². The molecule has 0 aliphatic carbocycles. The van der Waals surface area contributed by atoms with Gasteiger partial charge in [-0.1, -0.05) is 38.7 Å². The van der Waals surface area contributed by atoms with Crippen LogP contribution in [0.2, 0.25) is 0 Å². The lowest BCUT2D eigenvalue weighted by molar-refractivity contribution is -0.157. The van der Waals surface area contributed by atoms with E-state index in [-0.39, 0.29) is 54.8 Å². The molecule has 2 fully saturated rings. The second kappa shape index (κ2) is 18.5. The number of unbranched alkanes of at least 4 members (excludes halogenated alkanes) is 4. The molecule has 1 spiro atoms. The van der Waals surface area contributed by atoms with Gasteiger partial charge in [-0.2, -0.15) is 5.26 Å². The number of nitrogens with zero attached hydrogens (tertiary/aromatic N) is 3. The fourth-order valence-electron chi connectivity index (χ4n) is 11.5. The number of likely N-dealkylation sites (N-methyl/N-ethyl adjacent to an activating group) is 1. The number of hydrogen-bond acceptors (Lipinski definition) is 17. The lowest BCUT2D eigenvalue weighted by atomic mass is 9.71. The van der Waals surface area contributed by atoms with Gasteiger partial charge in [0, 0.05) is 53.1 Å². The summed E-state index contributed by atoms with van der Waals surface area (Å²) in [6.45, 7) is 11.3. The van der Waals surface area contributed by atoms with Crippen LogP contribution < -0.4 is 33.7 Å². The predicted molar refractivity (Wildman–Crippen MR) is 251 cm³/mol. The van der Waals surface area contributed by atoms with Crippen LogP contribution in [0.4, 0.5) is 4.79 Å². The Kier molecular flexibility index (Phi) is 13.0. The molecule has 1 unspecified atom stereocenters. The average Bonchev–Trinajstić information content (AvgIpc) is 3.79. The molecule has 68 heavy (non-hydrogen) atoms. The molecule has 16 nitrogen and oxygen atoms in total. The van der Waals surface area contributed by atoms with Crippen LogP contribution in [0.3, 0.4) is 0 Å². The molecule has 17 heteroatoms. The van der Waals surface area contributed by atoms with Crippen molar-refractivity contribution in [3.05, 3.63) is 62.7 Å². The minimum atomic E-state index is -1.45. The Labute approximate surface area is 401 Å². The fraction of sp³-hybridized carbons (Fsp3) is 0.569. The Hall–Kier alpha value is -5.41. The van der Waals surface area contributed by atoms with Crippen molar-refractivity contribution in [2.24, 2.45) is 0 Å². The van der Waals surface area contributed by atoms with E-state index in [1.165, 1.54) is 18.9 Å². The molecule has 10 rings (SSSR count). The van der Waals surface area contributed by atoms with Gasteiger partial charge in [0.25, 0.3) is 0 Å². The number of benzene rings is 3. The van der Waals surface area contributed by atoms with Crippen molar-refractivity contribution in [1.82, 2.24) is 15.1 Å². The van der Waals surface area contributed by atoms with Crippen LogP contribution in [0.25, 0.3) is 0 Å². The first-order chi connectivity index (χ1) is 32.6. The first-order valence-corrected chi connectivity index (χ1v) is 24.7. The van der Waals surface area contributed by atoms with Crippen LogP contribution in [-0.2, 0) is 37.4 Å². The first-order valence-electron chi connectivity index (χ1n) is 23.7. The topological polar surface area (TPSA) is 188 Å². The largest absolute Gasteiger partial charge is 0.514 e. The molecule has 2 saturated heterocycles. The van der Waals surface area contributed by atoms with E-state index >= 15 is 4.79 Å². The number of nitrogens with one attached hydrogen (secondary N) is 1. The molecule has 7 aliphatic rings. The Balaban J connectivity index is 1.24. The third-order valence-corrected chi connectivity index (χ3v) is 15.9. The molecule has 0 aromatic heterocycles. The zero-order valence-electron chi connectivity index (χ0n) is 40.4. The van der Waals surface area contributed by atoms with Crippen LogP contribution in [0.15, 0.2) is 18.2 Å². The number of piperazine rings is 1. The van der Waals surface area contributed by atoms with Gasteiger partial charge in [0.15, 0.2) is 40.0 Å². The van der Waals surface area contributed by atoms with E-state index in [0.717, 1.165) is 42.4 Å². The molecular formula is C51H62N4O12S. The van der Waals surface area contributed by atoms with Gasteiger partial charge < -0.3 is 43.0 Å². The third-order valence-electron chi connectivity index (χ3n) is 14.5. The fourth-order valence-corrected chi connectivity index (χ4v) is 13.2. The number of aromatic hydroxyl groups is 1. The van der Waals surface area contributed by atoms with Crippen molar-refractivity contribution in [1.29, 1.82) is 5.26 Å². The van der Waals surface area contributed by atoms with E-state index in [0.29, 0.717) is 76.6 Å². The van der Waals surface area contributed by atoms with Gasteiger partial charge in [-0.05, 0) is 95.3 Å². The summed E-state index contributed by atoms with van der Waals surface area (Å²) >= 11 is 1.48. The highest BCUT2D eigenvalue weighted by Crippen LogP contribution is 2.64. The van der Waals surface area contributed by atoms with E-state index < -0.39 is 52.7 Å². The third kappa shape index (κ3) is 7.94. The summed E-state index contributed by atoms with van der Waals surface area (Å²) in [7, 11) is 5.00. The number of aryl methyl sites for hydroxylation is 1. The number of fused-ring (bicyclic) bond motifs is 9. The van der Waals surface area contributed by atoms with Gasteiger partial charge in [0.1, 0.15) is 24.0 Å². The Morgan fingerprint density at radius 3 is 2.46 bits per heavy atom. The van der Waals surface area contributed by atoms with Crippen LogP contribution in [0.5, 0.6) is 40.2 Å².